The minimum absolute atomic E-state index is 0.0189. The second-order valence-electron chi connectivity index (χ2n) is 7.26. The molecule has 3 aromatic rings. The molecule has 5 nitrogen and oxygen atoms in total. The van der Waals surface area contributed by atoms with E-state index in [1.54, 1.807) is 6.21 Å². The maximum absolute atomic E-state index is 11.7. The monoisotopic (exact) mass is 400 g/mol. The fraction of sp³-hybridized carbons (Fsp3) is 0.200. The average Bonchev–Trinajstić information content (AvgIpc) is 3.64. The number of rotatable bonds is 9. The van der Waals surface area contributed by atoms with Gasteiger partial charge in [0, 0.05) is 5.92 Å². The number of nitrogens with zero attached hydrogens (tertiary/aromatic N) is 1. The Bertz CT molecular complexity index is 999. The molecule has 3 aromatic carbocycles. The zero-order valence-electron chi connectivity index (χ0n) is 16.7. The lowest BCUT2D eigenvalue weighted by Crippen LogP contribution is -2.18. The summed E-state index contributed by atoms with van der Waals surface area (Å²) in [6.07, 6.45) is 3.52. The first-order valence-electron chi connectivity index (χ1n) is 10.1. The Morgan fingerprint density at radius 2 is 1.47 bits per heavy atom. The Morgan fingerprint density at radius 1 is 0.867 bits per heavy atom. The van der Waals surface area contributed by atoms with Gasteiger partial charge in [0.25, 0.3) is 0 Å². The molecular weight excluding hydrogens is 376 g/mol. The number of nitrogens with one attached hydrogen (secondary N) is 1. The molecule has 1 aliphatic rings. The molecule has 1 saturated carbocycles. The molecule has 1 N–H and O–H groups in total. The van der Waals surface area contributed by atoms with Crippen molar-refractivity contribution in [3.05, 3.63) is 95.6 Å². The fourth-order valence-corrected chi connectivity index (χ4v) is 2.91. The molecule has 0 spiro atoms. The molecular formula is C25H24N2O3. The van der Waals surface area contributed by atoms with Crippen LogP contribution >= 0.6 is 0 Å². The van der Waals surface area contributed by atoms with Gasteiger partial charge in [-0.25, -0.2) is 5.43 Å². The van der Waals surface area contributed by atoms with Gasteiger partial charge < -0.3 is 9.47 Å². The fourth-order valence-electron chi connectivity index (χ4n) is 2.91. The molecule has 0 aliphatic heterocycles. The Hall–Kier alpha value is -3.60. The average molecular weight is 400 g/mol. The number of ether oxygens (including phenoxy) is 2. The molecule has 5 heteroatoms. The van der Waals surface area contributed by atoms with E-state index in [2.05, 4.69) is 10.5 Å². The van der Waals surface area contributed by atoms with Crippen molar-refractivity contribution in [2.75, 3.05) is 0 Å². The summed E-state index contributed by atoms with van der Waals surface area (Å²) in [5.74, 6) is 1.40. The first-order valence-corrected chi connectivity index (χ1v) is 10.1. The van der Waals surface area contributed by atoms with E-state index in [0.717, 1.165) is 29.5 Å². The van der Waals surface area contributed by atoms with Crippen molar-refractivity contribution in [3.8, 4) is 11.5 Å². The second kappa shape index (κ2) is 9.74. The van der Waals surface area contributed by atoms with Crippen molar-refractivity contribution in [3.63, 3.8) is 0 Å². The molecule has 1 amide bonds. The lowest BCUT2D eigenvalue weighted by molar-refractivity contribution is -0.122. The molecule has 1 fully saturated rings. The quantitative estimate of drug-likeness (QED) is 0.418. The molecule has 30 heavy (non-hydrogen) atoms. The predicted octanol–water partition coefficient (Wildman–Crippen LogP) is 4.70. The third-order valence-electron chi connectivity index (χ3n) is 4.78. The number of carbonyl (C=O) groups is 1. The number of hydrogen-bond acceptors (Lipinski definition) is 4. The van der Waals surface area contributed by atoms with Crippen LogP contribution in [0.15, 0.2) is 84.0 Å². The summed E-state index contributed by atoms with van der Waals surface area (Å²) in [6, 6.07) is 25.6. The van der Waals surface area contributed by atoms with Gasteiger partial charge in [0.05, 0.1) is 6.21 Å². The van der Waals surface area contributed by atoms with Crippen LogP contribution in [0.4, 0.5) is 0 Å². The minimum atomic E-state index is -0.0189. The molecule has 0 bridgehead atoms. The highest BCUT2D eigenvalue weighted by molar-refractivity contribution is 5.84. The smallest absolute Gasteiger partial charge is 0.243 e. The van der Waals surface area contributed by atoms with Crippen molar-refractivity contribution < 1.29 is 14.3 Å². The van der Waals surface area contributed by atoms with Crippen LogP contribution in [-0.2, 0) is 18.0 Å². The minimum Gasteiger partial charge on any atom is -0.485 e. The van der Waals surface area contributed by atoms with E-state index < -0.39 is 0 Å². The number of amides is 1. The lowest BCUT2D eigenvalue weighted by Gasteiger charge is -2.14. The SMILES string of the molecule is O=C(N/N=C/c1ccc(OCc2ccccc2)c(OCc2ccccc2)c1)C1CC1. The highest BCUT2D eigenvalue weighted by atomic mass is 16.5. The maximum atomic E-state index is 11.7. The van der Waals surface area contributed by atoms with Gasteiger partial charge in [-0.3, -0.25) is 4.79 Å². The number of hydrogen-bond donors (Lipinski definition) is 1. The molecule has 0 atom stereocenters. The third kappa shape index (κ3) is 5.70. The van der Waals surface area contributed by atoms with Crippen molar-refractivity contribution in [2.24, 2.45) is 11.0 Å². The van der Waals surface area contributed by atoms with Crippen LogP contribution in [0.5, 0.6) is 11.5 Å². The van der Waals surface area contributed by atoms with Crippen molar-refractivity contribution >= 4 is 12.1 Å². The van der Waals surface area contributed by atoms with Gasteiger partial charge in [0.1, 0.15) is 13.2 Å². The number of benzene rings is 3. The van der Waals surface area contributed by atoms with Crippen LogP contribution in [0.3, 0.4) is 0 Å². The first kappa shape index (κ1) is 19.7. The van der Waals surface area contributed by atoms with E-state index in [-0.39, 0.29) is 11.8 Å². The van der Waals surface area contributed by atoms with Gasteiger partial charge >= 0.3 is 0 Å². The predicted molar refractivity (Wildman–Crippen MR) is 116 cm³/mol. The molecule has 0 aromatic heterocycles. The summed E-state index contributed by atoms with van der Waals surface area (Å²) in [7, 11) is 0. The molecule has 4 rings (SSSR count). The standard InChI is InChI=1S/C25H24N2O3/c28-25(22-12-13-22)27-26-16-21-11-14-23(29-17-19-7-3-1-4-8-19)24(15-21)30-18-20-9-5-2-6-10-20/h1-11,14-16,22H,12-13,17-18H2,(H,27,28)/b26-16+. The molecule has 152 valence electrons. The first-order chi connectivity index (χ1) is 14.8. The zero-order valence-corrected chi connectivity index (χ0v) is 16.7. The summed E-state index contributed by atoms with van der Waals surface area (Å²) in [5.41, 5.74) is 5.57. The molecule has 0 radical (unpaired) electrons. The molecule has 0 saturated heterocycles. The van der Waals surface area contributed by atoms with E-state index in [4.69, 9.17) is 9.47 Å². The van der Waals surface area contributed by atoms with E-state index in [9.17, 15) is 4.79 Å². The second-order valence-corrected chi connectivity index (χ2v) is 7.26. The molecule has 0 heterocycles. The van der Waals surface area contributed by atoms with Gasteiger partial charge in [-0.05, 0) is 47.7 Å². The number of carbonyl (C=O) groups excluding carboxylic acids is 1. The van der Waals surface area contributed by atoms with Gasteiger partial charge in [-0.15, -0.1) is 0 Å². The van der Waals surface area contributed by atoms with E-state index >= 15 is 0 Å². The van der Waals surface area contributed by atoms with Crippen molar-refractivity contribution in [1.29, 1.82) is 0 Å². The van der Waals surface area contributed by atoms with E-state index in [0.29, 0.717) is 24.7 Å². The summed E-state index contributed by atoms with van der Waals surface area (Å²) in [4.78, 5) is 11.7. The Balaban J connectivity index is 1.46. The van der Waals surface area contributed by atoms with Gasteiger partial charge in [-0.2, -0.15) is 5.10 Å². The Kier molecular flexibility index (Phi) is 6.40. The summed E-state index contributed by atoms with van der Waals surface area (Å²) in [6.45, 7) is 0.884. The van der Waals surface area contributed by atoms with Crippen LogP contribution in [-0.4, -0.2) is 12.1 Å². The highest BCUT2D eigenvalue weighted by Crippen LogP contribution is 2.30. The van der Waals surface area contributed by atoms with Gasteiger partial charge in [0.2, 0.25) is 5.91 Å². The van der Waals surface area contributed by atoms with Crippen LogP contribution < -0.4 is 14.9 Å². The third-order valence-corrected chi connectivity index (χ3v) is 4.78. The van der Waals surface area contributed by atoms with Crippen LogP contribution in [0.1, 0.15) is 29.5 Å². The highest BCUT2D eigenvalue weighted by Gasteiger charge is 2.29. The van der Waals surface area contributed by atoms with E-state index in [1.807, 2.05) is 78.9 Å². The largest absolute Gasteiger partial charge is 0.485 e. The van der Waals surface area contributed by atoms with Crippen molar-refractivity contribution in [1.82, 2.24) is 5.43 Å². The van der Waals surface area contributed by atoms with Gasteiger partial charge in [-0.1, -0.05) is 60.7 Å². The van der Waals surface area contributed by atoms with Crippen LogP contribution in [0, 0.1) is 5.92 Å². The lowest BCUT2D eigenvalue weighted by atomic mass is 10.2. The van der Waals surface area contributed by atoms with Crippen LogP contribution in [0.2, 0.25) is 0 Å². The summed E-state index contributed by atoms with van der Waals surface area (Å²) >= 11 is 0. The Morgan fingerprint density at radius 3 is 2.07 bits per heavy atom. The molecule has 1 aliphatic carbocycles. The normalized spacial score (nSPS) is 13.2. The van der Waals surface area contributed by atoms with Crippen LogP contribution in [0.25, 0.3) is 0 Å². The number of hydrazone groups is 1. The summed E-state index contributed by atoms with van der Waals surface area (Å²) in [5, 5.41) is 4.06. The summed E-state index contributed by atoms with van der Waals surface area (Å²) < 4.78 is 12.1. The topological polar surface area (TPSA) is 59.9 Å². The maximum Gasteiger partial charge on any atom is 0.243 e. The van der Waals surface area contributed by atoms with Crippen molar-refractivity contribution in [2.45, 2.75) is 26.1 Å². The Labute approximate surface area is 176 Å². The van der Waals surface area contributed by atoms with E-state index in [1.165, 1.54) is 0 Å². The molecule has 0 unspecified atom stereocenters. The zero-order chi connectivity index (χ0) is 20.6. The van der Waals surface area contributed by atoms with Gasteiger partial charge in [0.15, 0.2) is 11.5 Å².